The highest BCUT2D eigenvalue weighted by molar-refractivity contribution is 6.35. The maximum absolute atomic E-state index is 6.18. The minimum Gasteiger partial charge on any atom is -0.310 e. The van der Waals surface area contributed by atoms with E-state index in [-0.39, 0.29) is 0 Å². The summed E-state index contributed by atoms with van der Waals surface area (Å²) in [5, 5.41) is 5.14. The molecule has 1 aliphatic rings. The third kappa shape index (κ3) is 3.63. The van der Waals surface area contributed by atoms with E-state index in [1.807, 2.05) is 18.2 Å². The van der Waals surface area contributed by atoms with E-state index < -0.39 is 0 Å². The van der Waals surface area contributed by atoms with Gasteiger partial charge in [-0.3, -0.25) is 0 Å². The molecule has 0 spiro atoms. The SMILES string of the molecule is CCC1CCCC(NCc2c(Cl)cccc2Cl)C1. The van der Waals surface area contributed by atoms with Crippen LogP contribution in [-0.2, 0) is 6.54 Å². The molecule has 18 heavy (non-hydrogen) atoms. The molecule has 0 radical (unpaired) electrons. The van der Waals surface area contributed by atoms with Crippen molar-refractivity contribution in [3.05, 3.63) is 33.8 Å². The number of hydrogen-bond acceptors (Lipinski definition) is 1. The molecule has 1 aliphatic carbocycles. The van der Waals surface area contributed by atoms with Crippen molar-refractivity contribution in [3.63, 3.8) is 0 Å². The molecule has 1 fully saturated rings. The zero-order chi connectivity index (χ0) is 13.0. The Labute approximate surface area is 120 Å². The van der Waals surface area contributed by atoms with Gasteiger partial charge in [-0.25, -0.2) is 0 Å². The van der Waals surface area contributed by atoms with Gasteiger partial charge in [0.05, 0.1) is 0 Å². The molecule has 0 aromatic heterocycles. The summed E-state index contributed by atoms with van der Waals surface area (Å²) in [7, 11) is 0. The van der Waals surface area contributed by atoms with Gasteiger partial charge in [-0.05, 0) is 30.9 Å². The topological polar surface area (TPSA) is 12.0 Å². The average Bonchev–Trinajstić information content (AvgIpc) is 2.38. The van der Waals surface area contributed by atoms with Gasteiger partial charge in [0.1, 0.15) is 0 Å². The molecule has 0 heterocycles. The standard InChI is InChI=1S/C15H21Cl2N/c1-2-11-5-3-6-12(9-11)18-10-13-14(16)7-4-8-15(13)17/h4,7-8,11-12,18H,2-3,5-6,9-10H2,1H3. The first-order valence-electron chi connectivity index (χ1n) is 6.87. The van der Waals surface area contributed by atoms with Crippen LogP contribution < -0.4 is 5.32 Å². The Morgan fingerprint density at radius 2 is 1.94 bits per heavy atom. The van der Waals surface area contributed by atoms with E-state index in [0.29, 0.717) is 6.04 Å². The van der Waals surface area contributed by atoms with Crippen LogP contribution in [0.1, 0.15) is 44.6 Å². The van der Waals surface area contributed by atoms with Gasteiger partial charge in [-0.2, -0.15) is 0 Å². The summed E-state index contributed by atoms with van der Waals surface area (Å²) >= 11 is 12.4. The van der Waals surface area contributed by atoms with Gasteiger partial charge >= 0.3 is 0 Å². The first-order valence-corrected chi connectivity index (χ1v) is 7.62. The average molecular weight is 286 g/mol. The van der Waals surface area contributed by atoms with Crippen LogP contribution in [0.3, 0.4) is 0 Å². The zero-order valence-electron chi connectivity index (χ0n) is 10.9. The van der Waals surface area contributed by atoms with Crippen LogP contribution in [0.15, 0.2) is 18.2 Å². The van der Waals surface area contributed by atoms with Crippen LogP contribution in [0.4, 0.5) is 0 Å². The van der Waals surface area contributed by atoms with Crippen LogP contribution in [0.2, 0.25) is 10.0 Å². The smallest absolute Gasteiger partial charge is 0.0465 e. The second kappa shape index (κ2) is 6.79. The molecule has 2 unspecified atom stereocenters. The molecule has 1 N–H and O–H groups in total. The summed E-state index contributed by atoms with van der Waals surface area (Å²) in [5.41, 5.74) is 1.03. The quantitative estimate of drug-likeness (QED) is 0.816. The Hall–Kier alpha value is -0.240. The van der Waals surface area contributed by atoms with Crippen molar-refractivity contribution in [1.82, 2.24) is 5.32 Å². The summed E-state index contributed by atoms with van der Waals surface area (Å²) in [6, 6.07) is 6.32. The van der Waals surface area contributed by atoms with E-state index in [0.717, 1.165) is 28.1 Å². The zero-order valence-corrected chi connectivity index (χ0v) is 12.4. The van der Waals surface area contributed by atoms with E-state index in [1.54, 1.807) is 0 Å². The fourth-order valence-corrected chi connectivity index (χ4v) is 3.33. The van der Waals surface area contributed by atoms with E-state index in [9.17, 15) is 0 Å². The van der Waals surface area contributed by atoms with Crippen LogP contribution in [0, 0.1) is 5.92 Å². The molecule has 1 aromatic rings. The second-order valence-corrected chi connectivity index (χ2v) is 6.03. The summed E-state index contributed by atoms with van der Waals surface area (Å²) < 4.78 is 0. The Morgan fingerprint density at radius 1 is 1.22 bits per heavy atom. The third-order valence-electron chi connectivity index (χ3n) is 3.99. The summed E-state index contributed by atoms with van der Waals surface area (Å²) in [5.74, 6) is 0.887. The van der Waals surface area contributed by atoms with Crippen LogP contribution in [-0.4, -0.2) is 6.04 Å². The van der Waals surface area contributed by atoms with Crippen LogP contribution in [0.5, 0.6) is 0 Å². The Kier molecular flexibility index (Phi) is 5.35. The lowest BCUT2D eigenvalue weighted by atomic mass is 9.84. The van der Waals surface area contributed by atoms with Crippen molar-refractivity contribution in [2.24, 2.45) is 5.92 Å². The molecule has 0 bridgehead atoms. The minimum atomic E-state index is 0.621. The Morgan fingerprint density at radius 3 is 2.61 bits per heavy atom. The first-order chi connectivity index (χ1) is 8.70. The molecule has 100 valence electrons. The van der Waals surface area contributed by atoms with Crippen LogP contribution >= 0.6 is 23.2 Å². The number of rotatable bonds is 4. The van der Waals surface area contributed by atoms with Crippen molar-refractivity contribution in [3.8, 4) is 0 Å². The Bertz CT molecular complexity index is 372. The minimum absolute atomic E-state index is 0.621. The number of halogens is 2. The summed E-state index contributed by atoms with van der Waals surface area (Å²) in [4.78, 5) is 0. The van der Waals surface area contributed by atoms with Crippen molar-refractivity contribution >= 4 is 23.2 Å². The van der Waals surface area contributed by atoms with Gasteiger partial charge in [0.15, 0.2) is 0 Å². The van der Waals surface area contributed by atoms with Gasteiger partial charge in [0.2, 0.25) is 0 Å². The Balaban J connectivity index is 1.91. The first kappa shape index (κ1) is 14.2. The van der Waals surface area contributed by atoms with E-state index >= 15 is 0 Å². The maximum atomic E-state index is 6.18. The molecule has 1 aromatic carbocycles. The van der Waals surface area contributed by atoms with Crippen molar-refractivity contribution in [2.75, 3.05) is 0 Å². The van der Waals surface area contributed by atoms with E-state index in [1.165, 1.54) is 32.1 Å². The van der Waals surface area contributed by atoms with Crippen LogP contribution in [0.25, 0.3) is 0 Å². The van der Waals surface area contributed by atoms with Gasteiger partial charge in [0.25, 0.3) is 0 Å². The normalized spacial score (nSPS) is 24.2. The highest BCUT2D eigenvalue weighted by Crippen LogP contribution is 2.28. The van der Waals surface area contributed by atoms with Gasteiger partial charge in [-0.1, -0.05) is 55.5 Å². The fourth-order valence-electron chi connectivity index (χ4n) is 2.79. The van der Waals surface area contributed by atoms with Crippen molar-refractivity contribution < 1.29 is 0 Å². The third-order valence-corrected chi connectivity index (χ3v) is 4.70. The fraction of sp³-hybridized carbons (Fsp3) is 0.600. The largest absolute Gasteiger partial charge is 0.310 e. The molecule has 0 saturated heterocycles. The van der Waals surface area contributed by atoms with E-state index in [4.69, 9.17) is 23.2 Å². The predicted molar refractivity (Wildman–Crippen MR) is 79.3 cm³/mol. The maximum Gasteiger partial charge on any atom is 0.0465 e. The van der Waals surface area contributed by atoms with Crippen molar-refractivity contribution in [1.29, 1.82) is 0 Å². The predicted octanol–water partition coefficient (Wildman–Crippen LogP) is 5.05. The molecule has 1 nitrogen and oxygen atoms in total. The molecule has 1 saturated carbocycles. The number of hydrogen-bond donors (Lipinski definition) is 1. The lowest BCUT2D eigenvalue weighted by Gasteiger charge is -2.29. The number of nitrogens with one attached hydrogen (secondary N) is 1. The monoisotopic (exact) mass is 285 g/mol. The molecule has 2 rings (SSSR count). The van der Waals surface area contributed by atoms with Crippen molar-refractivity contribution in [2.45, 2.75) is 51.6 Å². The lowest BCUT2D eigenvalue weighted by Crippen LogP contribution is -2.33. The molecule has 2 atom stereocenters. The van der Waals surface area contributed by atoms with Gasteiger partial charge in [0, 0.05) is 28.2 Å². The van der Waals surface area contributed by atoms with Gasteiger partial charge in [-0.15, -0.1) is 0 Å². The highest BCUT2D eigenvalue weighted by Gasteiger charge is 2.20. The highest BCUT2D eigenvalue weighted by atomic mass is 35.5. The molecular formula is C15H21Cl2N. The van der Waals surface area contributed by atoms with E-state index in [2.05, 4.69) is 12.2 Å². The molecule has 0 aliphatic heterocycles. The molecular weight excluding hydrogens is 265 g/mol. The summed E-state index contributed by atoms with van der Waals surface area (Å²) in [6.07, 6.45) is 6.59. The number of benzene rings is 1. The van der Waals surface area contributed by atoms with Gasteiger partial charge < -0.3 is 5.32 Å². The summed E-state index contributed by atoms with van der Waals surface area (Å²) in [6.45, 7) is 3.07. The second-order valence-electron chi connectivity index (χ2n) is 5.22. The molecule has 3 heteroatoms. The lowest BCUT2D eigenvalue weighted by molar-refractivity contribution is 0.278. The molecule has 0 amide bonds.